The minimum atomic E-state index is -1.11. The van der Waals surface area contributed by atoms with E-state index >= 15 is 0 Å². The van der Waals surface area contributed by atoms with Gasteiger partial charge < -0.3 is 9.52 Å². The van der Waals surface area contributed by atoms with Gasteiger partial charge in [-0.1, -0.05) is 11.6 Å². The Labute approximate surface area is 119 Å². The first-order valence-corrected chi connectivity index (χ1v) is 6.53. The molecule has 1 aromatic carbocycles. The van der Waals surface area contributed by atoms with Crippen LogP contribution < -0.4 is 0 Å². The molecule has 0 radical (unpaired) electrons. The van der Waals surface area contributed by atoms with E-state index in [-0.39, 0.29) is 16.3 Å². The molecule has 0 saturated heterocycles. The molecule has 1 aromatic heterocycles. The Kier molecular flexibility index (Phi) is 3.92. The van der Waals surface area contributed by atoms with E-state index in [1.165, 1.54) is 18.2 Å². The second kappa shape index (κ2) is 5.10. The average molecular weight is 384 g/mol. The molecule has 0 fully saturated rings. The van der Waals surface area contributed by atoms with Gasteiger partial charge in [-0.05, 0) is 56.1 Å². The second-order valence-electron chi connectivity index (χ2n) is 3.34. The third-order valence-corrected chi connectivity index (χ3v) is 4.24. The second-order valence-corrected chi connectivity index (χ2v) is 5.32. The zero-order valence-electron chi connectivity index (χ0n) is 8.25. The monoisotopic (exact) mass is 382 g/mol. The number of hydrogen-bond donors (Lipinski definition) is 1. The van der Waals surface area contributed by atoms with Crippen LogP contribution in [0.1, 0.15) is 17.4 Å². The maximum atomic E-state index is 13.1. The van der Waals surface area contributed by atoms with E-state index in [0.717, 1.165) is 0 Å². The largest absolute Gasteiger partial charge is 0.450 e. The molecule has 0 spiro atoms. The summed E-state index contributed by atoms with van der Waals surface area (Å²) in [6, 6.07) is 5.39. The lowest BCUT2D eigenvalue weighted by Crippen LogP contribution is -1.99. The van der Waals surface area contributed by atoms with E-state index < -0.39 is 11.9 Å². The Hall–Kier alpha value is -0.360. The molecule has 1 N–H and O–H groups in total. The third kappa shape index (κ3) is 2.73. The van der Waals surface area contributed by atoms with Gasteiger partial charge in [-0.25, -0.2) is 4.39 Å². The Morgan fingerprint density at radius 2 is 2.00 bits per heavy atom. The zero-order chi connectivity index (χ0) is 12.6. The van der Waals surface area contributed by atoms with Crippen LogP contribution in [0.5, 0.6) is 0 Å². The summed E-state index contributed by atoms with van der Waals surface area (Å²) in [7, 11) is 0. The molecule has 2 nitrogen and oxygen atoms in total. The van der Waals surface area contributed by atoms with Crippen molar-refractivity contribution < 1.29 is 13.9 Å². The van der Waals surface area contributed by atoms with Gasteiger partial charge in [0.05, 0.1) is 4.47 Å². The Morgan fingerprint density at radius 1 is 1.29 bits per heavy atom. The van der Waals surface area contributed by atoms with Gasteiger partial charge in [-0.3, -0.25) is 0 Å². The Bertz CT molecular complexity index is 537. The minimum absolute atomic E-state index is 0.264. The van der Waals surface area contributed by atoms with Gasteiger partial charge in [0.2, 0.25) is 0 Å². The topological polar surface area (TPSA) is 33.4 Å². The van der Waals surface area contributed by atoms with Crippen molar-refractivity contribution >= 4 is 43.5 Å². The lowest BCUT2D eigenvalue weighted by molar-refractivity contribution is 0.187. The van der Waals surface area contributed by atoms with Crippen molar-refractivity contribution in [1.29, 1.82) is 0 Å². The lowest BCUT2D eigenvalue weighted by Gasteiger charge is -2.09. The van der Waals surface area contributed by atoms with Crippen molar-refractivity contribution in [3.63, 3.8) is 0 Å². The summed E-state index contributed by atoms with van der Waals surface area (Å²) in [4.78, 5) is 0. The normalized spacial score (nSPS) is 12.8. The van der Waals surface area contributed by atoms with Crippen LogP contribution in [-0.4, -0.2) is 5.11 Å². The smallest absolute Gasteiger partial charge is 0.183 e. The van der Waals surface area contributed by atoms with E-state index in [0.29, 0.717) is 9.14 Å². The molecule has 0 aliphatic carbocycles. The van der Waals surface area contributed by atoms with Crippen molar-refractivity contribution in [2.24, 2.45) is 0 Å². The molecule has 0 bridgehead atoms. The Balaban J connectivity index is 2.42. The number of benzene rings is 1. The van der Waals surface area contributed by atoms with E-state index in [1.54, 1.807) is 6.07 Å². The summed E-state index contributed by atoms with van der Waals surface area (Å²) >= 11 is 12.3. The van der Waals surface area contributed by atoms with Crippen LogP contribution in [0, 0.1) is 5.82 Å². The fourth-order valence-corrected chi connectivity index (χ4v) is 2.20. The molecule has 1 unspecified atom stereocenters. The standard InChI is InChI=1S/C11H6Br2ClFO2/c12-7-4-9(17-11(7)13)10(16)6-3-5(15)1-2-8(6)14/h1-4,10,16H. The predicted molar refractivity (Wildman–Crippen MR) is 69.6 cm³/mol. The molecule has 0 aliphatic rings. The summed E-state index contributed by atoms with van der Waals surface area (Å²) in [6.07, 6.45) is -1.11. The molecule has 6 heteroatoms. The number of hydrogen-bond acceptors (Lipinski definition) is 2. The maximum Gasteiger partial charge on any atom is 0.183 e. The quantitative estimate of drug-likeness (QED) is 0.816. The van der Waals surface area contributed by atoms with Crippen molar-refractivity contribution in [2.75, 3.05) is 0 Å². The molecular weight excluding hydrogens is 378 g/mol. The molecule has 0 aliphatic heterocycles. The van der Waals surface area contributed by atoms with Crippen molar-refractivity contribution in [3.8, 4) is 0 Å². The van der Waals surface area contributed by atoms with Crippen LogP contribution in [0.3, 0.4) is 0 Å². The number of aliphatic hydroxyl groups excluding tert-OH is 1. The first-order valence-electron chi connectivity index (χ1n) is 4.57. The van der Waals surface area contributed by atoms with Crippen molar-refractivity contribution in [2.45, 2.75) is 6.10 Å². The summed E-state index contributed by atoms with van der Waals surface area (Å²) < 4.78 is 19.5. The van der Waals surface area contributed by atoms with E-state index in [2.05, 4.69) is 31.9 Å². The number of aliphatic hydroxyl groups is 1. The van der Waals surface area contributed by atoms with E-state index in [9.17, 15) is 9.50 Å². The van der Waals surface area contributed by atoms with Gasteiger partial charge in [-0.15, -0.1) is 0 Å². The summed E-state index contributed by atoms with van der Waals surface area (Å²) in [5.74, 6) is -0.190. The van der Waals surface area contributed by atoms with Crippen LogP contribution >= 0.6 is 43.5 Å². The number of furan rings is 1. The van der Waals surface area contributed by atoms with Crippen molar-refractivity contribution in [1.82, 2.24) is 0 Å². The number of halogens is 4. The van der Waals surface area contributed by atoms with Gasteiger partial charge in [-0.2, -0.15) is 0 Å². The highest BCUT2D eigenvalue weighted by molar-refractivity contribution is 9.13. The summed E-state index contributed by atoms with van der Waals surface area (Å²) in [6.45, 7) is 0. The van der Waals surface area contributed by atoms with Crippen LogP contribution in [0.2, 0.25) is 5.02 Å². The van der Waals surface area contributed by atoms with Crippen LogP contribution in [-0.2, 0) is 0 Å². The summed E-state index contributed by atoms with van der Waals surface area (Å²) in [5, 5.41) is 10.3. The highest BCUT2D eigenvalue weighted by Gasteiger charge is 2.19. The van der Waals surface area contributed by atoms with Gasteiger partial charge in [0.25, 0.3) is 0 Å². The van der Waals surface area contributed by atoms with Gasteiger partial charge in [0.15, 0.2) is 4.67 Å². The van der Waals surface area contributed by atoms with E-state index in [4.69, 9.17) is 16.0 Å². The molecule has 2 rings (SSSR count). The first-order chi connectivity index (χ1) is 7.99. The minimum Gasteiger partial charge on any atom is -0.450 e. The van der Waals surface area contributed by atoms with Gasteiger partial charge in [0, 0.05) is 10.6 Å². The molecule has 90 valence electrons. The molecule has 1 atom stereocenters. The van der Waals surface area contributed by atoms with E-state index in [1.807, 2.05) is 0 Å². The lowest BCUT2D eigenvalue weighted by atomic mass is 10.1. The highest BCUT2D eigenvalue weighted by atomic mass is 79.9. The van der Waals surface area contributed by atoms with Crippen molar-refractivity contribution in [3.05, 3.63) is 55.6 Å². The predicted octanol–water partition coefficient (Wildman–Crippen LogP) is 4.68. The molecule has 1 heterocycles. The molecule has 2 aromatic rings. The number of rotatable bonds is 2. The van der Waals surface area contributed by atoms with Gasteiger partial charge >= 0.3 is 0 Å². The van der Waals surface area contributed by atoms with Crippen LogP contribution in [0.15, 0.2) is 37.8 Å². The average Bonchev–Trinajstić information content (AvgIpc) is 2.62. The zero-order valence-corrected chi connectivity index (χ0v) is 12.2. The maximum absolute atomic E-state index is 13.1. The Morgan fingerprint density at radius 3 is 2.59 bits per heavy atom. The molecule has 0 saturated carbocycles. The summed E-state index contributed by atoms with van der Waals surface area (Å²) in [5.41, 5.74) is 0.264. The third-order valence-electron chi connectivity index (χ3n) is 2.19. The fraction of sp³-hybridized carbons (Fsp3) is 0.0909. The molecular formula is C11H6Br2ClFO2. The molecule has 17 heavy (non-hydrogen) atoms. The first kappa shape index (κ1) is 13.1. The SMILES string of the molecule is OC(c1cc(Br)c(Br)o1)c1cc(F)ccc1Cl. The highest BCUT2D eigenvalue weighted by Crippen LogP contribution is 2.34. The van der Waals surface area contributed by atoms with Gasteiger partial charge in [0.1, 0.15) is 17.7 Å². The molecule has 0 amide bonds. The van der Waals surface area contributed by atoms with Crippen LogP contribution in [0.4, 0.5) is 4.39 Å². The fourth-order valence-electron chi connectivity index (χ4n) is 1.38. The van der Waals surface area contributed by atoms with Crippen LogP contribution in [0.25, 0.3) is 0 Å².